The molecule has 1 heterocycles. The lowest BCUT2D eigenvalue weighted by Gasteiger charge is -2.05. The van der Waals surface area contributed by atoms with Crippen molar-refractivity contribution in [3.63, 3.8) is 0 Å². The molecule has 3 nitrogen and oxygen atoms in total. The Balaban J connectivity index is 3.00. The third-order valence-corrected chi connectivity index (χ3v) is 1.36. The zero-order chi connectivity index (χ0) is 8.27. The maximum absolute atomic E-state index is 4.90. The fourth-order valence-electron chi connectivity index (χ4n) is 0.843. The van der Waals surface area contributed by atoms with Crippen LogP contribution in [0.15, 0.2) is 6.20 Å². The van der Waals surface area contributed by atoms with Crippen LogP contribution < -0.4 is 4.89 Å². The third-order valence-electron chi connectivity index (χ3n) is 1.36. The van der Waals surface area contributed by atoms with Crippen LogP contribution in [0.25, 0.3) is 0 Å². The molecule has 0 aliphatic rings. The predicted octanol–water partition coefficient (Wildman–Crippen LogP) is 1.44. The summed E-state index contributed by atoms with van der Waals surface area (Å²) >= 11 is 0. The number of pyridine rings is 1. The van der Waals surface area contributed by atoms with Crippen molar-refractivity contribution < 1.29 is 9.78 Å². The highest BCUT2D eigenvalue weighted by atomic mass is 17.2. The van der Waals surface area contributed by atoms with Crippen LogP contribution in [0.1, 0.15) is 11.1 Å². The Morgan fingerprint density at radius 2 is 2.18 bits per heavy atom. The fourth-order valence-corrected chi connectivity index (χ4v) is 0.843. The minimum atomic E-state index is 0.697. The molecule has 1 radical (unpaired) electrons. The second-order valence-electron chi connectivity index (χ2n) is 2.26. The van der Waals surface area contributed by atoms with E-state index in [2.05, 4.69) is 16.1 Å². The molecule has 59 valence electrons. The van der Waals surface area contributed by atoms with Gasteiger partial charge in [-0.05, 0) is 13.8 Å². The number of hydrogen-bond acceptors (Lipinski definition) is 3. The molecule has 0 fully saturated rings. The Morgan fingerprint density at radius 1 is 1.45 bits per heavy atom. The zero-order valence-corrected chi connectivity index (χ0v) is 6.84. The molecule has 1 aromatic heterocycles. The minimum absolute atomic E-state index is 0.697. The highest BCUT2D eigenvalue weighted by molar-refractivity contribution is 5.35. The summed E-state index contributed by atoms with van der Waals surface area (Å²) in [5.74, 6) is 0.697. The Bertz CT molecular complexity index is 228. The van der Waals surface area contributed by atoms with Crippen molar-refractivity contribution in [1.29, 1.82) is 0 Å². The van der Waals surface area contributed by atoms with Gasteiger partial charge in [-0.15, -0.1) is 0 Å². The van der Waals surface area contributed by atoms with E-state index in [1.165, 1.54) is 7.11 Å². The zero-order valence-electron chi connectivity index (χ0n) is 6.84. The summed E-state index contributed by atoms with van der Waals surface area (Å²) in [4.78, 5) is 13.3. The number of aryl methyl sites for hydroxylation is 2. The Labute approximate surface area is 65.9 Å². The molecule has 0 N–H and O–H groups in total. The Hall–Kier alpha value is -1.09. The molecule has 0 unspecified atom stereocenters. The van der Waals surface area contributed by atoms with Crippen LogP contribution in [-0.4, -0.2) is 12.1 Å². The molecule has 1 aromatic rings. The van der Waals surface area contributed by atoms with E-state index in [1.54, 1.807) is 6.20 Å². The molecule has 1 rings (SSSR count). The van der Waals surface area contributed by atoms with Gasteiger partial charge in [-0.25, -0.2) is 0 Å². The van der Waals surface area contributed by atoms with Gasteiger partial charge >= 0.3 is 0 Å². The number of nitrogens with zero attached hydrogens (tertiary/aromatic N) is 1. The Kier molecular flexibility index (Phi) is 2.44. The largest absolute Gasteiger partial charge is 0.337 e. The maximum Gasteiger partial charge on any atom is 0.174 e. The normalized spacial score (nSPS) is 9.73. The molecule has 0 saturated carbocycles. The summed E-state index contributed by atoms with van der Waals surface area (Å²) in [6.07, 6.45) is 4.45. The van der Waals surface area contributed by atoms with Crippen LogP contribution in [0.5, 0.6) is 5.75 Å². The van der Waals surface area contributed by atoms with E-state index in [-0.39, 0.29) is 0 Å². The first-order valence-electron chi connectivity index (χ1n) is 3.30. The highest BCUT2D eigenvalue weighted by Crippen LogP contribution is 2.20. The first-order valence-corrected chi connectivity index (χ1v) is 3.30. The van der Waals surface area contributed by atoms with Crippen molar-refractivity contribution in [2.75, 3.05) is 7.11 Å². The minimum Gasteiger partial charge on any atom is -0.337 e. The van der Waals surface area contributed by atoms with Gasteiger partial charge in [0.1, 0.15) is 0 Å². The quantitative estimate of drug-likeness (QED) is 0.474. The van der Waals surface area contributed by atoms with Gasteiger partial charge in [-0.1, -0.05) is 0 Å². The highest BCUT2D eigenvalue weighted by Gasteiger charge is 2.03. The van der Waals surface area contributed by atoms with Gasteiger partial charge in [-0.3, -0.25) is 4.98 Å². The van der Waals surface area contributed by atoms with Crippen LogP contribution in [0.4, 0.5) is 0 Å². The van der Waals surface area contributed by atoms with E-state index in [0.29, 0.717) is 5.75 Å². The second kappa shape index (κ2) is 3.34. The smallest absolute Gasteiger partial charge is 0.174 e. The first-order chi connectivity index (χ1) is 5.25. The van der Waals surface area contributed by atoms with Crippen molar-refractivity contribution in [2.24, 2.45) is 0 Å². The van der Waals surface area contributed by atoms with Crippen LogP contribution in [0.3, 0.4) is 0 Å². The molecule has 3 heteroatoms. The molecular formula is C8H10NO2. The summed E-state index contributed by atoms with van der Waals surface area (Å²) < 4.78 is 0. The molecule has 0 aliphatic carbocycles. The van der Waals surface area contributed by atoms with Gasteiger partial charge in [0.05, 0.1) is 13.3 Å². The van der Waals surface area contributed by atoms with Crippen LogP contribution in [0, 0.1) is 20.0 Å². The topological polar surface area (TPSA) is 31.4 Å². The van der Waals surface area contributed by atoms with Crippen molar-refractivity contribution in [3.8, 4) is 5.75 Å². The van der Waals surface area contributed by atoms with Crippen LogP contribution >= 0.6 is 0 Å². The molecule has 0 bridgehead atoms. The summed E-state index contributed by atoms with van der Waals surface area (Å²) in [6, 6.07) is 0. The molecule has 0 saturated heterocycles. The lowest BCUT2D eigenvalue weighted by molar-refractivity contribution is -0.179. The van der Waals surface area contributed by atoms with E-state index < -0.39 is 0 Å². The summed E-state index contributed by atoms with van der Waals surface area (Å²) in [5.41, 5.74) is 1.80. The third kappa shape index (κ3) is 1.68. The number of hydrogen-bond donors (Lipinski definition) is 0. The van der Waals surface area contributed by atoms with Crippen LogP contribution in [-0.2, 0) is 4.89 Å². The number of aromatic nitrogens is 1. The van der Waals surface area contributed by atoms with Gasteiger partial charge in [0.2, 0.25) is 0 Å². The number of rotatable bonds is 2. The van der Waals surface area contributed by atoms with Crippen molar-refractivity contribution >= 4 is 0 Å². The molecule has 0 amide bonds. The first kappa shape index (κ1) is 8.01. The molecule has 0 aliphatic heterocycles. The Morgan fingerprint density at radius 3 is 2.73 bits per heavy atom. The van der Waals surface area contributed by atoms with Crippen molar-refractivity contribution in [3.05, 3.63) is 23.5 Å². The lowest BCUT2D eigenvalue weighted by Crippen LogP contribution is -1.96. The second-order valence-corrected chi connectivity index (χ2v) is 2.26. The fraction of sp³-hybridized carbons (Fsp3) is 0.375. The van der Waals surface area contributed by atoms with Gasteiger partial charge in [0.15, 0.2) is 5.75 Å². The van der Waals surface area contributed by atoms with E-state index in [1.807, 2.05) is 13.8 Å². The molecule has 0 spiro atoms. The summed E-state index contributed by atoms with van der Waals surface area (Å²) in [6.45, 7) is 3.77. The standard InChI is InChI=1S/C8H10NO2/c1-6-4-9-5-7(2)8(6)11-10-3/h4H,1-3H3. The molecule has 11 heavy (non-hydrogen) atoms. The van der Waals surface area contributed by atoms with E-state index in [4.69, 9.17) is 4.89 Å². The average Bonchev–Trinajstić information content (AvgIpc) is 1.97. The summed E-state index contributed by atoms with van der Waals surface area (Å²) in [5, 5.41) is 0. The molecular weight excluding hydrogens is 142 g/mol. The van der Waals surface area contributed by atoms with Gasteiger partial charge < -0.3 is 4.89 Å². The van der Waals surface area contributed by atoms with Crippen molar-refractivity contribution in [2.45, 2.75) is 13.8 Å². The van der Waals surface area contributed by atoms with Gasteiger partial charge in [0.25, 0.3) is 0 Å². The maximum atomic E-state index is 4.90. The monoisotopic (exact) mass is 152 g/mol. The van der Waals surface area contributed by atoms with Gasteiger partial charge in [0, 0.05) is 17.3 Å². The lowest BCUT2D eigenvalue weighted by atomic mass is 10.2. The molecule has 0 atom stereocenters. The van der Waals surface area contributed by atoms with Gasteiger partial charge in [-0.2, -0.15) is 4.89 Å². The van der Waals surface area contributed by atoms with Crippen LogP contribution in [0.2, 0.25) is 0 Å². The van der Waals surface area contributed by atoms with E-state index in [0.717, 1.165) is 11.1 Å². The average molecular weight is 152 g/mol. The van der Waals surface area contributed by atoms with E-state index >= 15 is 0 Å². The summed E-state index contributed by atoms with van der Waals surface area (Å²) in [7, 11) is 1.47. The molecule has 0 aromatic carbocycles. The van der Waals surface area contributed by atoms with Crippen molar-refractivity contribution in [1.82, 2.24) is 4.98 Å². The predicted molar refractivity (Wildman–Crippen MR) is 40.2 cm³/mol. The van der Waals surface area contributed by atoms with E-state index in [9.17, 15) is 0 Å². The SMILES string of the molecule is COOc1c(C)[c]ncc1C.